The lowest BCUT2D eigenvalue weighted by molar-refractivity contribution is -0.128. The van der Waals surface area contributed by atoms with E-state index in [4.69, 9.17) is 16.3 Å². The van der Waals surface area contributed by atoms with Gasteiger partial charge in [-0.05, 0) is 42.8 Å². The summed E-state index contributed by atoms with van der Waals surface area (Å²) < 4.78 is 5.83. The van der Waals surface area contributed by atoms with Gasteiger partial charge in [0, 0.05) is 28.6 Å². The molecule has 1 N–H and O–H groups in total. The lowest BCUT2D eigenvalue weighted by Gasteiger charge is -2.34. The first kappa shape index (κ1) is 20.6. The van der Waals surface area contributed by atoms with Gasteiger partial charge in [-0.15, -0.1) is 11.8 Å². The van der Waals surface area contributed by atoms with Crippen molar-refractivity contribution < 1.29 is 14.3 Å². The molecule has 2 amide bonds. The van der Waals surface area contributed by atoms with Crippen LogP contribution in [0.3, 0.4) is 0 Å². The highest BCUT2D eigenvalue weighted by atomic mass is 35.5. The number of hydrogen-bond acceptors (Lipinski definition) is 4. The molecule has 148 valence electrons. The summed E-state index contributed by atoms with van der Waals surface area (Å²) in [6.45, 7) is 2.80. The SMILES string of the molecule is CCCNC(=O)[C@@H]1CN(C(=O)CCSc2ccc(Cl)cc2)c2ccccc2O1. The standard InChI is InChI=1S/C21H23ClN2O3S/c1-2-12-23-21(26)19-14-24(17-5-3-4-6-18(17)27-19)20(25)11-13-28-16-9-7-15(22)8-10-16/h3-10,19H,2,11-14H2,1H3,(H,23,26)/t19-/m0/s1. The molecule has 3 rings (SSSR count). The molecular weight excluding hydrogens is 396 g/mol. The summed E-state index contributed by atoms with van der Waals surface area (Å²) in [5, 5.41) is 3.54. The van der Waals surface area contributed by atoms with Gasteiger partial charge in [0.15, 0.2) is 6.10 Å². The van der Waals surface area contributed by atoms with Crippen molar-refractivity contribution in [2.75, 3.05) is 23.7 Å². The number of carbonyl (C=O) groups excluding carboxylic acids is 2. The molecule has 0 bridgehead atoms. The summed E-state index contributed by atoms with van der Waals surface area (Å²) in [4.78, 5) is 28.0. The van der Waals surface area contributed by atoms with Crippen LogP contribution >= 0.6 is 23.4 Å². The molecule has 2 aromatic rings. The van der Waals surface area contributed by atoms with Gasteiger partial charge < -0.3 is 15.0 Å². The number of ether oxygens (including phenoxy) is 1. The quantitative estimate of drug-likeness (QED) is 0.686. The molecular formula is C21H23ClN2O3S. The summed E-state index contributed by atoms with van der Waals surface area (Å²) in [5.41, 5.74) is 0.712. The number of nitrogens with zero attached hydrogens (tertiary/aromatic N) is 1. The summed E-state index contributed by atoms with van der Waals surface area (Å²) in [6.07, 6.45) is 0.513. The van der Waals surface area contributed by atoms with Crippen LogP contribution in [0.2, 0.25) is 5.02 Å². The van der Waals surface area contributed by atoms with Gasteiger partial charge in [-0.2, -0.15) is 0 Å². The number of hydrogen-bond donors (Lipinski definition) is 1. The fraction of sp³-hybridized carbons (Fsp3) is 0.333. The molecule has 0 unspecified atom stereocenters. The van der Waals surface area contributed by atoms with Gasteiger partial charge >= 0.3 is 0 Å². The molecule has 0 saturated carbocycles. The zero-order chi connectivity index (χ0) is 19.9. The second-order valence-electron chi connectivity index (χ2n) is 6.42. The largest absolute Gasteiger partial charge is 0.477 e. The maximum atomic E-state index is 12.9. The lowest BCUT2D eigenvalue weighted by Crippen LogP contribution is -2.51. The number of anilines is 1. The van der Waals surface area contributed by atoms with Gasteiger partial charge in [0.1, 0.15) is 5.75 Å². The molecule has 0 radical (unpaired) electrons. The van der Waals surface area contributed by atoms with Crippen molar-refractivity contribution in [3.63, 3.8) is 0 Å². The predicted octanol–water partition coefficient (Wildman–Crippen LogP) is 4.14. The van der Waals surface area contributed by atoms with Crippen LogP contribution in [0.25, 0.3) is 0 Å². The van der Waals surface area contributed by atoms with Gasteiger partial charge in [0.25, 0.3) is 5.91 Å². The van der Waals surface area contributed by atoms with E-state index in [0.29, 0.717) is 35.2 Å². The van der Waals surface area contributed by atoms with Gasteiger partial charge in [-0.25, -0.2) is 0 Å². The van der Waals surface area contributed by atoms with E-state index in [-0.39, 0.29) is 18.4 Å². The van der Waals surface area contributed by atoms with Crippen LogP contribution in [0.1, 0.15) is 19.8 Å². The zero-order valence-electron chi connectivity index (χ0n) is 15.7. The first-order chi connectivity index (χ1) is 13.6. The van der Waals surface area contributed by atoms with Crippen molar-refractivity contribution in [2.24, 2.45) is 0 Å². The number of amides is 2. The average molecular weight is 419 g/mol. The van der Waals surface area contributed by atoms with Crippen molar-refractivity contribution in [3.8, 4) is 5.75 Å². The van der Waals surface area contributed by atoms with E-state index in [0.717, 1.165) is 11.3 Å². The first-order valence-electron chi connectivity index (χ1n) is 9.30. The number of thioether (sulfide) groups is 1. The number of carbonyl (C=O) groups is 2. The van der Waals surface area contributed by atoms with Gasteiger partial charge in [-0.3, -0.25) is 9.59 Å². The van der Waals surface area contributed by atoms with Crippen molar-refractivity contribution in [2.45, 2.75) is 30.8 Å². The van der Waals surface area contributed by atoms with E-state index in [2.05, 4.69) is 5.32 Å². The molecule has 5 nitrogen and oxygen atoms in total. The number of benzene rings is 2. The third kappa shape index (κ3) is 5.20. The smallest absolute Gasteiger partial charge is 0.262 e. The molecule has 1 aliphatic rings. The Morgan fingerprint density at radius 2 is 1.96 bits per heavy atom. The first-order valence-corrected chi connectivity index (χ1v) is 10.7. The minimum Gasteiger partial charge on any atom is -0.477 e. The lowest BCUT2D eigenvalue weighted by atomic mass is 10.1. The van der Waals surface area contributed by atoms with Crippen LogP contribution in [0.4, 0.5) is 5.69 Å². The molecule has 7 heteroatoms. The molecule has 2 aromatic carbocycles. The summed E-state index contributed by atoms with van der Waals surface area (Å²) >= 11 is 7.51. The minimum atomic E-state index is -0.700. The van der Waals surface area contributed by atoms with E-state index in [9.17, 15) is 9.59 Å². The second kappa shape index (κ2) is 9.85. The highest BCUT2D eigenvalue weighted by Gasteiger charge is 2.33. The number of para-hydroxylation sites is 2. The molecule has 1 atom stereocenters. The molecule has 0 aromatic heterocycles. The Kier molecular flexibility index (Phi) is 7.23. The maximum Gasteiger partial charge on any atom is 0.262 e. The Bertz CT molecular complexity index is 829. The van der Waals surface area contributed by atoms with Crippen molar-refractivity contribution in [1.82, 2.24) is 5.32 Å². The molecule has 28 heavy (non-hydrogen) atoms. The van der Waals surface area contributed by atoms with Crippen LogP contribution in [-0.2, 0) is 9.59 Å². The third-order valence-electron chi connectivity index (χ3n) is 4.31. The van der Waals surface area contributed by atoms with Crippen molar-refractivity contribution in [1.29, 1.82) is 0 Å². The Balaban J connectivity index is 1.65. The molecule has 0 saturated heterocycles. The topological polar surface area (TPSA) is 58.6 Å². The van der Waals surface area contributed by atoms with Crippen molar-refractivity contribution in [3.05, 3.63) is 53.6 Å². The van der Waals surface area contributed by atoms with E-state index in [1.165, 1.54) is 0 Å². The average Bonchev–Trinajstić information content (AvgIpc) is 2.72. The van der Waals surface area contributed by atoms with Crippen LogP contribution in [0.5, 0.6) is 5.75 Å². The third-order valence-corrected chi connectivity index (χ3v) is 5.58. The van der Waals surface area contributed by atoms with E-state index in [1.807, 2.05) is 49.4 Å². The van der Waals surface area contributed by atoms with E-state index >= 15 is 0 Å². The van der Waals surface area contributed by atoms with Crippen LogP contribution in [0, 0.1) is 0 Å². The molecule has 0 fully saturated rings. The Morgan fingerprint density at radius 1 is 1.21 bits per heavy atom. The number of fused-ring (bicyclic) bond motifs is 1. The summed E-state index contributed by atoms with van der Waals surface area (Å²) in [6, 6.07) is 14.9. The van der Waals surface area contributed by atoms with Gasteiger partial charge in [-0.1, -0.05) is 30.7 Å². The fourth-order valence-corrected chi connectivity index (χ4v) is 3.86. The van der Waals surface area contributed by atoms with Crippen LogP contribution < -0.4 is 15.0 Å². The Labute approximate surface area is 174 Å². The van der Waals surface area contributed by atoms with Gasteiger partial charge in [0.2, 0.25) is 5.91 Å². The van der Waals surface area contributed by atoms with E-state index in [1.54, 1.807) is 22.7 Å². The van der Waals surface area contributed by atoms with Gasteiger partial charge in [0.05, 0.1) is 12.2 Å². The minimum absolute atomic E-state index is 0.0227. The van der Waals surface area contributed by atoms with Crippen LogP contribution in [-0.4, -0.2) is 36.8 Å². The van der Waals surface area contributed by atoms with Crippen molar-refractivity contribution >= 4 is 40.9 Å². The summed E-state index contributed by atoms with van der Waals surface area (Å²) in [5.74, 6) is 0.992. The molecule has 1 aliphatic heterocycles. The highest BCUT2D eigenvalue weighted by Crippen LogP contribution is 2.34. The zero-order valence-corrected chi connectivity index (χ0v) is 17.3. The Morgan fingerprint density at radius 3 is 2.71 bits per heavy atom. The molecule has 0 spiro atoms. The van der Waals surface area contributed by atoms with Crippen LogP contribution in [0.15, 0.2) is 53.4 Å². The molecule has 0 aliphatic carbocycles. The fourth-order valence-electron chi connectivity index (χ4n) is 2.89. The number of halogens is 1. The summed E-state index contributed by atoms with van der Waals surface area (Å²) in [7, 11) is 0. The number of rotatable bonds is 7. The number of nitrogens with one attached hydrogen (secondary N) is 1. The predicted molar refractivity (Wildman–Crippen MR) is 113 cm³/mol. The monoisotopic (exact) mass is 418 g/mol. The van der Waals surface area contributed by atoms with E-state index < -0.39 is 6.10 Å². The maximum absolute atomic E-state index is 12.9. The molecule has 1 heterocycles. The normalized spacial score (nSPS) is 15.5. The highest BCUT2D eigenvalue weighted by molar-refractivity contribution is 7.99. The Hall–Kier alpha value is -2.18. The second-order valence-corrected chi connectivity index (χ2v) is 8.03.